The lowest BCUT2D eigenvalue weighted by Crippen LogP contribution is -2.48. The van der Waals surface area contributed by atoms with Gasteiger partial charge in [0, 0.05) is 17.2 Å². The summed E-state index contributed by atoms with van der Waals surface area (Å²) in [6.45, 7) is 6.42. The second kappa shape index (κ2) is 20.8. The second-order valence-corrected chi connectivity index (χ2v) is 14.6. The molecule has 288 valence electrons. The van der Waals surface area contributed by atoms with E-state index < -0.39 is 53.8 Å². The van der Waals surface area contributed by atoms with Crippen molar-refractivity contribution in [1.29, 1.82) is 5.26 Å². The molecule has 0 saturated carbocycles. The molecule has 1 N–H and O–H groups in total. The Balaban J connectivity index is 1.57. The Morgan fingerprint density at radius 3 is 2.46 bits per heavy atom. The third-order valence-corrected chi connectivity index (χ3v) is 10.7. The Kier molecular flexibility index (Phi) is 16.3. The molecule has 1 aromatic heterocycles. The second-order valence-electron chi connectivity index (χ2n) is 11.4. The first kappa shape index (κ1) is 42.2. The van der Waals surface area contributed by atoms with Crippen molar-refractivity contribution < 1.29 is 55.4 Å². The molecule has 1 saturated heterocycles. The molecule has 2 aromatic carbocycles. The zero-order chi connectivity index (χ0) is 39.0. The number of carbonyl (C=O) groups is 1. The fraction of sp³-hybridized carbons (Fsp3) is 0.333. The highest BCUT2D eigenvalue weighted by atomic mass is 32.2. The molecular weight excluding hydrogens is 752 g/mol. The van der Waals surface area contributed by atoms with Gasteiger partial charge in [0.2, 0.25) is 0 Å². The van der Waals surface area contributed by atoms with Crippen LogP contribution in [-0.2, 0) is 44.5 Å². The summed E-state index contributed by atoms with van der Waals surface area (Å²) >= 11 is 1.19. The van der Waals surface area contributed by atoms with Crippen molar-refractivity contribution in [2.24, 2.45) is 0 Å². The van der Waals surface area contributed by atoms with Gasteiger partial charge in [0.05, 0.1) is 61.7 Å². The minimum absolute atomic E-state index is 0.0584. The van der Waals surface area contributed by atoms with Crippen LogP contribution in [0.3, 0.4) is 0 Å². The quantitative estimate of drug-likeness (QED) is 0.0370. The average Bonchev–Trinajstić information content (AvgIpc) is 3.66. The zero-order valence-corrected chi connectivity index (χ0v) is 30.6. The third-order valence-electron chi connectivity index (χ3n) is 7.64. The van der Waals surface area contributed by atoms with E-state index in [1.807, 2.05) is 6.07 Å². The van der Waals surface area contributed by atoms with Crippen molar-refractivity contribution in [3.8, 4) is 6.07 Å². The number of aromatic nitrogens is 3. The van der Waals surface area contributed by atoms with Crippen LogP contribution in [-0.4, -0.2) is 75.9 Å². The highest BCUT2D eigenvalue weighted by Gasteiger charge is 2.49. The van der Waals surface area contributed by atoms with Gasteiger partial charge in [-0.3, -0.25) is 13.6 Å². The average molecular weight is 791 g/mol. The molecule has 18 heteroatoms. The Hall–Kier alpha value is -4.53. The predicted molar refractivity (Wildman–Crippen MR) is 192 cm³/mol. The van der Waals surface area contributed by atoms with Gasteiger partial charge in [-0.1, -0.05) is 36.4 Å². The molecule has 0 bridgehead atoms. The van der Waals surface area contributed by atoms with E-state index in [4.69, 9.17) is 33.0 Å². The van der Waals surface area contributed by atoms with Gasteiger partial charge < -0.3 is 19.3 Å². The van der Waals surface area contributed by atoms with Gasteiger partial charge >= 0.3 is 14.0 Å². The lowest BCUT2D eigenvalue weighted by Gasteiger charge is -2.41. The van der Waals surface area contributed by atoms with E-state index in [1.165, 1.54) is 59.5 Å². The van der Waals surface area contributed by atoms with Crippen molar-refractivity contribution in [2.75, 3.05) is 33.0 Å². The maximum Gasteiger partial charge on any atom is 0.506 e. The monoisotopic (exact) mass is 790 g/mol. The van der Waals surface area contributed by atoms with Crippen LogP contribution >= 0.6 is 19.6 Å². The van der Waals surface area contributed by atoms with Gasteiger partial charge in [-0.05, 0) is 43.2 Å². The lowest BCUT2D eigenvalue weighted by atomic mass is 9.86. The number of phosphoric ester groups is 1. The number of nitriles is 1. The Morgan fingerprint density at radius 2 is 1.85 bits per heavy atom. The summed E-state index contributed by atoms with van der Waals surface area (Å²) in [5.41, 5.74) is -1.82. The fourth-order valence-electron chi connectivity index (χ4n) is 5.28. The number of hydrogen-bond acceptors (Lipinski definition) is 12. The van der Waals surface area contributed by atoms with Crippen molar-refractivity contribution in [3.63, 3.8) is 0 Å². The summed E-state index contributed by atoms with van der Waals surface area (Å²) < 4.78 is 91.9. The number of hydrogen-bond donors (Lipinski definition) is 1. The lowest BCUT2D eigenvalue weighted by molar-refractivity contribution is -0.146. The molecule has 0 radical (unpaired) electrons. The fourth-order valence-corrected chi connectivity index (χ4v) is 7.98. The Labute approximate surface area is 314 Å². The Bertz CT molecular complexity index is 1850. The number of nitrogens with zero attached hydrogens (tertiary/aromatic N) is 4. The largest absolute Gasteiger partial charge is 0.506 e. The zero-order valence-electron chi connectivity index (χ0n) is 28.9. The number of carboxylic acid groups (broad SMARTS) is 1. The number of benzene rings is 2. The molecule has 0 amide bonds. The van der Waals surface area contributed by atoms with E-state index in [2.05, 4.69) is 23.2 Å². The molecule has 2 heterocycles. The Morgan fingerprint density at radius 1 is 1.11 bits per heavy atom. The number of halogens is 3. The normalized spacial score (nSPS) is 17.9. The minimum Gasteiger partial charge on any atom is -0.450 e. The number of rotatable bonds is 21. The van der Waals surface area contributed by atoms with Crippen LogP contribution in [0.25, 0.3) is 6.08 Å². The highest BCUT2D eigenvalue weighted by molar-refractivity contribution is 8.00. The topological polar surface area (TPSA) is 164 Å². The van der Waals surface area contributed by atoms with Crippen molar-refractivity contribution in [1.82, 2.24) is 14.8 Å². The summed E-state index contributed by atoms with van der Waals surface area (Å²) in [6.07, 6.45) is 9.18. The van der Waals surface area contributed by atoms with Crippen LogP contribution in [0.5, 0.6) is 0 Å². The highest BCUT2D eigenvalue weighted by Crippen LogP contribution is 2.50. The molecular formula is C36H38F3N4O9PS. The molecule has 1 aliphatic heterocycles. The van der Waals surface area contributed by atoms with Gasteiger partial charge in [0.1, 0.15) is 30.1 Å². The van der Waals surface area contributed by atoms with E-state index >= 15 is 4.39 Å². The molecule has 4 rings (SSSR count). The summed E-state index contributed by atoms with van der Waals surface area (Å²) in [5.74, 6) is -2.50. The van der Waals surface area contributed by atoms with Crippen LogP contribution in [0.2, 0.25) is 0 Å². The third kappa shape index (κ3) is 12.3. The van der Waals surface area contributed by atoms with Gasteiger partial charge in [0.25, 0.3) is 0 Å². The van der Waals surface area contributed by atoms with Crippen molar-refractivity contribution in [2.45, 2.75) is 41.8 Å². The van der Waals surface area contributed by atoms with E-state index in [0.717, 1.165) is 18.2 Å². The molecule has 1 aliphatic rings. The van der Waals surface area contributed by atoms with Gasteiger partial charge in [-0.15, -0.1) is 24.9 Å². The number of thioether (sulfide) groups is 1. The van der Waals surface area contributed by atoms with Crippen LogP contribution in [0, 0.1) is 28.8 Å². The number of allylic oxidation sites excluding steroid dienone is 2. The molecule has 0 unspecified atom stereocenters. The summed E-state index contributed by atoms with van der Waals surface area (Å²) in [7, 11) is -4.05. The maximum absolute atomic E-state index is 15.7. The summed E-state index contributed by atoms with van der Waals surface area (Å²) in [5, 5.41) is 21.7. The van der Waals surface area contributed by atoms with Crippen molar-refractivity contribution >= 4 is 31.8 Å². The van der Waals surface area contributed by atoms with E-state index in [9.17, 15) is 23.2 Å². The molecule has 54 heavy (non-hydrogen) atoms. The minimum atomic E-state index is -4.05. The summed E-state index contributed by atoms with van der Waals surface area (Å²) in [6, 6.07) is 8.72. The van der Waals surface area contributed by atoms with Gasteiger partial charge in [-0.2, -0.15) is 10.4 Å². The SMILES string of the molecule is C=CCOP(=O)(OCC=C)OCCC[C@@H](SC1COC(C=CC=Cc2ccc(C#N)cc2F)OC1)[C@@](Cn1cncn1)(OC(=O)O)c1ccc(F)cc1F. The molecule has 0 spiro atoms. The van der Waals surface area contributed by atoms with Crippen LogP contribution in [0.15, 0.2) is 92.6 Å². The van der Waals surface area contributed by atoms with Crippen LogP contribution < -0.4 is 0 Å². The van der Waals surface area contributed by atoms with E-state index in [1.54, 1.807) is 18.2 Å². The van der Waals surface area contributed by atoms with Crippen LogP contribution in [0.4, 0.5) is 18.0 Å². The molecule has 1 fully saturated rings. The van der Waals surface area contributed by atoms with E-state index in [-0.39, 0.29) is 69.1 Å². The first-order valence-electron chi connectivity index (χ1n) is 16.4. The van der Waals surface area contributed by atoms with Crippen molar-refractivity contribution in [3.05, 3.63) is 127 Å². The van der Waals surface area contributed by atoms with E-state index in [0.29, 0.717) is 6.07 Å². The number of ether oxygens (including phenoxy) is 3. The van der Waals surface area contributed by atoms with Gasteiger partial charge in [-0.25, -0.2) is 32.2 Å². The molecule has 3 aromatic rings. The molecule has 2 atom stereocenters. The standard InChI is InChI=1S/C36H38F3N4O9PS/c1-3-15-49-53(46,50-16-4-2)51-17-7-9-33(36(52-35(44)45,23-43-25-41-24-42-43)30-14-13-28(37)19-32(30)39)54-29-21-47-34(48-22-29)10-6-5-8-27-12-11-26(20-40)18-31(27)38/h3-6,8,10-14,18-19,24-25,29,33-34H,1-2,7,9,15-17,21-23H2,(H,44,45)/t29?,33-,34?,36+/m1/s1. The first-order chi connectivity index (χ1) is 26.0. The molecule has 0 aliphatic carbocycles. The maximum atomic E-state index is 15.7. The van der Waals surface area contributed by atoms with Gasteiger partial charge in [0.15, 0.2) is 11.9 Å². The predicted octanol–water partition coefficient (Wildman–Crippen LogP) is 7.58. The number of phosphoric acid groups is 1. The van der Waals surface area contributed by atoms with Crippen LogP contribution in [0.1, 0.15) is 29.5 Å². The first-order valence-corrected chi connectivity index (χ1v) is 18.8. The summed E-state index contributed by atoms with van der Waals surface area (Å²) in [4.78, 5) is 16.3. The molecule has 13 nitrogen and oxygen atoms in total. The smallest absolute Gasteiger partial charge is 0.450 e.